The predicted octanol–water partition coefficient (Wildman–Crippen LogP) is 5.33. The molecular weight excluding hydrogens is 370 g/mol. The number of hydrogen-bond donors (Lipinski definition) is 1. The first-order chi connectivity index (χ1) is 11.9. The highest BCUT2D eigenvalue weighted by Crippen LogP contribution is 2.28. The van der Waals surface area contributed by atoms with E-state index in [4.69, 9.17) is 11.6 Å². The van der Waals surface area contributed by atoms with Gasteiger partial charge in [-0.1, -0.05) is 23.7 Å². The summed E-state index contributed by atoms with van der Waals surface area (Å²) in [5.41, 5.74) is 1.42. The summed E-state index contributed by atoms with van der Waals surface area (Å²) in [5, 5.41) is 3.35. The third-order valence-electron chi connectivity index (χ3n) is 3.32. The number of anilines is 1. The Morgan fingerprint density at radius 2 is 1.96 bits per heavy atom. The molecule has 0 aliphatic rings. The largest absolute Gasteiger partial charge is 0.435 e. The molecule has 0 spiro atoms. The summed E-state index contributed by atoms with van der Waals surface area (Å²) in [6.45, 7) is -2.54. The number of hydrogen-bond acceptors (Lipinski definition) is 3. The Balaban J connectivity index is 1.99. The molecule has 0 aliphatic carbocycles. The van der Waals surface area contributed by atoms with Gasteiger partial charge in [-0.25, -0.2) is 4.79 Å². The zero-order valence-electron chi connectivity index (χ0n) is 13.6. The van der Waals surface area contributed by atoms with Crippen molar-refractivity contribution in [2.24, 2.45) is 0 Å². The summed E-state index contributed by atoms with van der Waals surface area (Å²) in [7, 11) is 1.64. The van der Waals surface area contributed by atoms with Gasteiger partial charge in [0.05, 0.1) is 5.69 Å². The Bertz CT molecular complexity index is 729. The van der Waals surface area contributed by atoms with Gasteiger partial charge < -0.3 is 15.0 Å². The van der Waals surface area contributed by atoms with Crippen molar-refractivity contribution < 1.29 is 18.3 Å². The Kier molecular flexibility index (Phi) is 6.90. The van der Waals surface area contributed by atoms with Crippen molar-refractivity contribution in [1.82, 2.24) is 4.90 Å². The van der Waals surface area contributed by atoms with Crippen molar-refractivity contribution in [3.05, 3.63) is 53.1 Å². The van der Waals surface area contributed by atoms with Gasteiger partial charge in [-0.15, -0.1) is 11.8 Å². The van der Waals surface area contributed by atoms with Crippen molar-refractivity contribution in [1.29, 1.82) is 0 Å². The van der Waals surface area contributed by atoms with E-state index in [1.807, 2.05) is 12.3 Å². The number of benzene rings is 2. The maximum absolute atomic E-state index is 12.3. The number of urea groups is 1. The number of nitrogens with zero attached hydrogens (tertiary/aromatic N) is 1. The first-order valence-corrected chi connectivity index (χ1v) is 8.88. The summed E-state index contributed by atoms with van der Waals surface area (Å²) >= 11 is 7.48. The highest BCUT2D eigenvalue weighted by atomic mass is 35.5. The maximum atomic E-state index is 12.3. The third kappa shape index (κ3) is 5.79. The van der Waals surface area contributed by atoms with Gasteiger partial charge in [-0.05, 0) is 42.2 Å². The van der Waals surface area contributed by atoms with Gasteiger partial charge in [0.2, 0.25) is 0 Å². The smallest absolute Gasteiger partial charge is 0.387 e. The molecule has 0 fully saturated rings. The van der Waals surface area contributed by atoms with E-state index in [1.54, 1.807) is 31.3 Å². The lowest BCUT2D eigenvalue weighted by Crippen LogP contribution is -2.31. The lowest BCUT2D eigenvalue weighted by Gasteiger charge is -2.19. The normalized spacial score (nSPS) is 10.6. The van der Waals surface area contributed by atoms with Crippen LogP contribution in [0.1, 0.15) is 5.56 Å². The third-order valence-corrected chi connectivity index (χ3v) is 4.35. The van der Waals surface area contributed by atoms with E-state index < -0.39 is 6.61 Å². The summed E-state index contributed by atoms with van der Waals surface area (Å²) in [4.78, 5) is 14.7. The van der Waals surface area contributed by atoms with E-state index in [2.05, 4.69) is 10.1 Å². The minimum Gasteiger partial charge on any atom is -0.435 e. The molecule has 0 radical (unpaired) electrons. The molecule has 0 atom stereocenters. The molecule has 2 aromatic rings. The quantitative estimate of drug-likeness (QED) is 0.682. The predicted molar refractivity (Wildman–Crippen MR) is 96.8 cm³/mol. The zero-order chi connectivity index (χ0) is 18.4. The van der Waals surface area contributed by atoms with Crippen molar-refractivity contribution in [2.45, 2.75) is 18.1 Å². The molecular formula is C17H17ClF2N2O2S. The number of nitrogens with one attached hydrogen (secondary N) is 1. The van der Waals surface area contributed by atoms with Crippen LogP contribution >= 0.6 is 23.4 Å². The summed E-state index contributed by atoms with van der Waals surface area (Å²) in [5.74, 6) is 0.0781. The molecule has 0 unspecified atom stereocenters. The Morgan fingerprint density at radius 1 is 1.28 bits per heavy atom. The van der Waals surface area contributed by atoms with Crippen molar-refractivity contribution in [2.75, 3.05) is 18.6 Å². The Morgan fingerprint density at radius 3 is 2.56 bits per heavy atom. The van der Waals surface area contributed by atoms with Crippen LogP contribution in [0.4, 0.5) is 19.3 Å². The van der Waals surface area contributed by atoms with E-state index in [0.717, 1.165) is 10.5 Å². The van der Waals surface area contributed by atoms with E-state index in [-0.39, 0.29) is 11.8 Å². The number of carbonyl (C=O) groups is 1. The second kappa shape index (κ2) is 8.92. The van der Waals surface area contributed by atoms with Gasteiger partial charge in [0, 0.05) is 23.5 Å². The molecule has 2 aromatic carbocycles. The number of rotatable bonds is 6. The molecule has 0 heterocycles. The Hall–Kier alpha value is -1.99. The monoisotopic (exact) mass is 386 g/mol. The number of halogens is 3. The highest BCUT2D eigenvalue weighted by molar-refractivity contribution is 7.98. The van der Waals surface area contributed by atoms with Crippen LogP contribution in [0, 0.1) is 0 Å². The van der Waals surface area contributed by atoms with E-state index >= 15 is 0 Å². The van der Waals surface area contributed by atoms with E-state index in [1.165, 1.54) is 28.8 Å². The second-order valence-corrected chi connectivity index (χ2v) is 6.44. The fourth-order valence-electron chi connectivity index (χ4n) is 2.11. The van der Waals surface area contributed by atoms with Gasteiger partial charge >= 0.3 is 12.6 Å². The molecule has 2 rings (SSSR count). The summed E-state index contributed by atoms with van der Waals surface area (Å²) < 4.78 is 28.6. The fraction of sp³-hybridized carbons (Fsp3) is 0.235. The van der Waals surface area contributed by atoms with Crippen LogP contribution in [0.25, 0.3) is 0 Å². The van der Waals surface area contributed by atoms with Gasteiger partial charge in [-0.2, -0.15) is 8.78 Å². The summed E-state index contributed by atoms with van der Waals surface area (Å²) in [6.07, 6.45) is 1.91. The van der Waals surface area contributed by atoms with Crippen LogP contribution in [0.3, 0.4) is 0 Å². The van der Waals surface area contributed by atoms with Crippen LogP contribution in [-0.4, -0.2) is 30.8 Å². The number of amides is 2. The number of ether oxygens (including phenoxy) is 1. The molecule has 0 bridgehead atoms. The molecule has 0 saturated heterocycles. The summed E-state index contributed by atoms with van der Waals surface area (Å²) in [6, 6.07) is 11.1. The van der Waals surface area contributed by atoms with Gasteiger partial charge in [0.15, 0.2) is 0 Å². The van der Waals surface area contributed by atoms with E-state index in [0.29, 0.717) is 17.3 Å². The molecule has 2 amide bonds. The van der Waals surface area contributed by atoms with Gasteiger partial charge in [-0.3, -0.25) is 0 Å². The SMILES string of the molecule is CSc1ccc(Cl)cc1NC(=O)N(C)Cc1ccc(OC(F)F)cc1. The molecule has 8 heteroatoms. The lowest BCUT2D eigenvalue weighted by atomic mass is 10.2. The molecule has 4 nitrogen and oxygen atoms in total. The van der Waals surface area contributed by atoms with Crippen LogP contribution in [-0.2, 0) is 6.54 Å². The minimum atomic E-state index is -2.86. The van der Waals surface area contributed by atoms with Crippen LogP contribution in [0.15, 0.2) is 47.4 Å². The fourth-order valence-corrected chi connectivity index (χ4v) is 2.82. The molecule has 0 aromatic heterocycles. The topological polar surface area (TPSA) is 41.6 Å². The van der Waals surface area contributed by atoms with Crippen LogP contribution in [0.2, 0.25) is 5.02 Å². The van der Waals surface area contributed by atoms with Crippen molar-refractivity contribution in [3.63, 3.8) is 0 Å². The van der Waals surface area contributed by atoms with Crippen LogP contribution in [0.5, 0.6) is 5.75 Å². The molecule has 1 N–H and O–H groups in total. The second-order valence-electron chi connectivity index (χ2n) is 5.15. The first-order valence-electron chi connectivity index (χ1n) is 7.28. The lowest BCUT2D eigenvalue weighted by molar-refractivity contribution is -0.0498. The average molecular weight is 387 g/mol. The molecule has 134 valence electrons. The van der Waals surface area contributed by atoms with Crippen molar-refractivity contribution in [3.8, 4) is 5.75 Å². The minimum absolute atomic E-state index is 0.0781. The van der Waals surface area contributed by atoms with Gasteiger partial charge in [0.1, 0.15) is 5.75 Å². The molecule has 25 heavy (non-hydrogen) atoms. The number of carbonyl (C=O) groups excluding carboxylic acids is 1. The van der Waals surface area contributed by atoms with Gasteiger partial charge in [0.25, 0.3) is 0 Å². The van der Waals surface area contributed by atoms with Crippen LogP contribution < -0.4 is 10.1 Å². The number of thioether (sulfide) groups is 1. The standard InChI is InChI=1S/C17H17ClF2N2O2S/c1-22(10-11-3-6-13(7-4-11)24-16(19)20)17(23)21-14-9-12(18)5-8-15(14)25-2/h3-9,16H,10H2,1-2H3,(H,21,23). The average Bonchev–Trinajstić information content (AvgIpc) is 2.56. The molecule has 0 saturated carbocycles. The van der Waals surface area contributed by atoms with E-state index in [9.17, 15) is 13.6 Å². The zero-order valence-corrected chi connectivity index (χ0v) is 15.2. The number of alkyl halides is 2. The van der Waals surface area contributed by atoms with Crippen molar-refractivity contribution >= 4 is 35.1 Å². The highest BCUT2D eigenvalue weighted by Gasteiger charge is 2.12. The Labute approximate surface area is 154 Å². The maximum Gasteiger partial charge on any atom is 0.387 e. The molecule has 0 aliphatic heterocycles. The first kappa shape index (κ1) is 19.3.